The normalized spacial score (nSPS) is 12.7. The van der Waals surface area contributed by atoms with E-state index in [1.54, 1.807) is 30.3 Å². The van der Waals surface area contributed by atoms with E-state index in [2.05, 4.69) is 0 Å². The van der Waals surface area contributed by atoms with Crippen molar-refractivity contribution in [3.8, 4) is 0 Å². The molecule has 0 aliphatic heterocycles. The van der Waals surface area contributed by atoms with Crippen molar-refractivity contribution in [3.63, 3.8) is 0 Å². The summed E-state index contributed by atoms with van der Waals surface area (Å²) in [6.07, 6.45) is 1.19. The summed E-state index contributed by atoms with van der Waals surface area (Å²) in [6.45, 7) is 1.50. The van der Waals surface area contributed by atoms with Gasteiger partial charge in [-0.15, -0.1) is 0 Å². The van der Waals surface area contributed by atoms with Crippen molar-refractivity contribution in [2.45, 2.75) is 25.0 Å². The SMILES string of the molecule is CC(C(=O)N(CCCC(=O)O)c1ccccc1)S(C)(=O)=O. The van der Waals surface area contributed by atoms with Crippen LogP contribution >= 0.6 is 0 Å². The van der Waals surface area contributed by atoms with Gasteiger partial charge >= 0.3 is 5.97 Å². The number of carbonyl (C=O) groups is 2. The summed E-state index contributed by atoms with van der Waals surface area (Å²) in [5.41, 5.74) is 0.559. The highest BCUT2D eigenvalue weighted by atomic mass is 32.2. The second-order valence-corrected chi connectivity index (χ2v) is 7.16. The zero-order valence-electron chi connectivity index (χ0n) is 12.0. The van der Waals surface area contributed by atoms with Gasteiger partial charge in [0.2, 0.25) is 5.91 Å². The van der Waals surface area contributed by atoms with Gasteiger partial charge in [0.1, 0.15) is 5.25 Å². The van der Waals surface area contributed by atoms with E-state index in [4.69, 9.17) is 5.11 Å². The number of carbonyl (C=O) groups excluding carboxylic acids is 1. The summed E-state index contributed by atoms with van der Waals surface area (Å²) in [6, 6.07) is 8.63. The van der Waals surface area contributed by atoms with Gasteiger partial charge in [-0.2, -0.15) is 0 Å². The Kier molecular flexibility index (Phi) is 5.90. The summed E-state index contributed by atoms with van der Waals surface area (Å²) in [7, 11) is -3.50. The number of aliphatic carboxylic acids is 1. The maximum atomic E-state index is 12.4. The van der Waals surface area contributed by atoms with Crippen LogP contribution in [0.25, 0.3) is 0 Å². The van der Waals surface area contributed by atoms with Crippen molar-refractivity contribution < 1.29 is 23.1 Å². The Bertz CT molecular complexity index is 597. The van der Waals surface area contributed by atoms with Gasteiger partial charge in [-0.3, -0.25) is 9.59 Å². The van der Waals surface area contributed by atoms with Gasteiger partial charge in [-0.1, -0.05) is 18.2 Å². The molecule has 0 heterocycles. The molecule has 0 fully saturated rings. The Hall–Kier alpha value is -1.89. The number of hydrogen-bond donors (Lipinski definition) is 1. The lowest BCUT2D eigenvalue weighted by Gasteiger charge is -2.25. The van der Waals surface area contributed by atoms with Gasteiger partial charge < -0.3 is 10.0 Å². The Labute approximate surface area is 124 Å². The Morgan fingerprint density at radius 3 is 2.29 bits per heavy atom. The molecule has 1 aromatic carbocycles. The Morgan fingerprint density at radius 2 is 1.81 bits per heavy atom. The molecule has 0 saturated carbocycles. The maximum Gasteiger partial charge on any atom is 0.303 e. The zero-order valence-corrected chi connectivity index (χ0v) is 12.8. The number of nitrogens with zero attached hydrogens (tertiary/aromatic N) is 1. The van der Waals surface area contributed by atoms with E-state index in [-0.39, 0.29) is 19.4 Å². The van der Waals surface area contributed by atoms with E-state index in [0.29, 0.717) is 5.69 Å². The van der Waals surface area contributed by atoms with Crippen molar-refractivity contribution in [1.29, 1.82) is 0 Å². The minimum atomic E-state index is -3.50. The molecular formula is C14H19NO5S. The number of carboxylic acids is 1. The third-order valence-electron chi connectivity index (χ3n) is 3.10. The molecule has 0 saturated heterocycles. The van der Waals surface area contributed by atoms with E-state index in [9.17, 15) is 18.0 Å². The van der Waals surface area contributed by atoms with E-state index in [1.807, 2.05) is 0 Å². The monoisotopic (exact) mass is 313 g/mol. The highest BCUT2D eigenvalue weighted by Gasteiger charge is 2.29. The molecule has 1 atom stereocenters. The van der Waals surface area contributed by atoms with Crippen LogP contribution < -0.4 is 4.90 Å². The number of rotatable bonds is 7. The lowest BCUT2D eigenvalue weighted by atomic mass is 10.2. The first-order valence-electron chi connectivity index (χ1n) is 6.50. The standard InChI is InChI=1S/C14H19NO5S/c1-11(21(2,19)20)14(18)15(10-6-9-13(16)17)12-7-4-3-5-8-12/h3-5,7-8,11H,6,9-10H2,1-2H3,(H,16,17). The molecule has 0 bridgehead atoms. The molecule has 116 valence electrons. The average Bonchev–Trinajstić information content (AvgIpc) is 2.41. The summed E-state index contributed by atoms with van der Waals surface area (Å²) >= 11 is 0. The number of carboxylic acid groups (broad SMARTS) is 1. The Balaban J connectivity index is 2.97. The molecule has 0 aliphatic carbocycles. The molecule has 0 spiro atoms. The van der Waals surface area contributed by atoms with Crippen molar-refractivity contribution in [2.75, 3.05) is 17.7 Å². The molecule has 1 unspecified atom stereocenters. The molecule has 0 aromatic heterocycles. The fraction of sp³-hybridized carbons (Fsp3) is 0.429. The fourth-order valence-electron chi connectivity index (χ4n) is 1.77. The summed E-state index contributed by atoms with van der Waals surface area (Å²) in [5.74, 6) is -1.50. The van der Waals surface area contributed by atoms with Crippen LogP contribution in [0.5, 0.6) is 0 Å². The van der Waals surface area contributed by atoms with E-state index in [1.165, 1.54) is 11.8 Å². The molecule has 1 aromatic rings. The molecule has 1 N–H and O–H groups in total. The number of para-hydroxylation sites is 1. The van der Waals surface area contributed by atoms with Crippen LogP contribution in [-0.4, -0.2) is 43.5 Å². The first-order valence-corrected chi connectivity index (χ1v) is 8.46. The molecule has 0 radical (unpaired) electrons. The largest absolute Gasteiger partial charge is 0.481 e. The van der Waals surface area contributed by atoms with E-state index >= 15 is 0 Å². The molecule has 1 rings (SSSR count). The minimum Gasteiger partial charge on any atom is -0.481 e. The number of amides is 1. The highest BCUT2D eigenvalue weighted by Crippen LogP contribution is 2.17. The molecule has 1 amide bonds. The second-order valence-electron chi connectivity index (χ2n) is 4.79. The van der Waals surface area contributed by atoms with Crippen LogP contribution in [0.2, 0.25) is 0 Å². The quantitative estimate of drug-likeness (QED) is 0.819. The molecule has 21 heavy (non-hydrogen) atoms. The second kappa shape index (κ2) is 7.21. The molecule has 0 aliphatic rings. The number of anilines is 1. The molecule has 7 heteroatoms. The van der Waals surface area contributed by atoms with Crippen molar-refractivity contribution in [1.82, 2.24) is 0 Å². The van der Waals surface area contributed by atoms with E-state index < -0.39 is 27.0 Å². The maximum absolute atomic E-state index is 12.4. The lowest BCUT2D eigenvalue weighted by molar-refractivity contribution is -0.137. The van der Waals surface area contributed by atoms with Crippen LogP contribution in [0.15, 0.2) is 30.3 Å². The number of sulfone groups is 1. The lowest BCUT2D eigenvalue weighted by Crippen LogP contribution is -2.42. The predicted molar refractivity (Wildman–Crippen MR) is 80.0 cm³/mol. The molecular weight excluding hydrogens is 294 g/mol. The fourth-order valence-corrected chi connectivity index (χ4v) is 2.26. The van der Waals surface area contributed by atoms with Crippen LogP contribution in [0.3, 0.4) is 0 Å². The number of hydrogen-bond acceptors (Lipinski definition) is 4. The topological polar surface area (TPSA) is 91.8 Å². The number of benzene rings is 1. The first kappa shape index (κ1) is 17.2. The predicted octanol–water partition coefficient (Wildman–Crippen LogP) is 1.32. The van der Waals surface area contributed by atoms with Crippen LogP contribution in [0.1, 0.15) is 19.8 Å². The summed E-state index contributed by atoms with van der Waals surface area (Å²) < 4.78 is 23.1. The van der Waals surface area contributed by atoms with Crippen LogP contribution in [0.4, 0.5) is 5.69 Å². The van der Waals surface area contributed by atoms with Gasteiger partial charge in [-0.25, -0.2) is 8.42 Å². The smallest absolute Gasteiger partial charge is 0.303 e. The van der Waals surface area contributed by atoms with Crippen LogP contribution in [-0.2, 0) is 19.4 Å². The van der Waals surface area contributed by atoms with Gasteiger partial charge in [0, 0.05) is 24.9 Å². The van der Waals surface area contributed by atoms with Crippen molar-refractivity contribution in [3.05, 3.63) is 30.3 Å². The zero-order chi connectivity index (χ0) is 16.0. The third-order valence-corrected chi connectivity index (χ3v) is 4.58. The highest BCUT2D eigenvalue weighted by molar-refractivity contribution is 7.92. The first-order chi connectivity index (χ1) is 9.73. The van der Waals surface area contributed by atoms with Gasteiger partial charge in [-0.05, 0) is 25.5 Å². The van der Waals surface area contributed by atoms with Crippen LogP contribution in [0, 0.1) is 0 Å². The third kappa shape index (κ3) is 5.18. The van der Waals surface area contributed by atoms with Gasteiger partial charge in [0.15, 0.2) is 9.84 Å². The van der Waals surface area contributed by atoms with Crippen molar-refractivity contribution in [2.24, 2.45) is 0 Å². The summed E-state index contributed by atoms with van der Waals surface area (Å²) in [4.78, 5) is 24.3. The summed E-state index contributed by atoms with van der Waals surface area (Å²) in [5, 5.41) is 7.51. The van der Waals surface area contributed by atoms with Crippen molar-refractivity contribution >= 4 is 27.4 Å². The Morgan fingerprint density at radius 1 is 1.24 bits per heavy atom. The average molecular weight is 313 g/mol. The molecule has 6 nitrogen and oxygen atoms in total. The van der Waals surface area contributed by atoms with Gasteiger partial charge in [0.05, 0.1) is 0 Å². The minimum absolute atomic E-state index is 0.0795. The van der Waals surface area contributed by atoms with E-state index in [0.717, 1.165) is 6.26 Å². The van der Waals surface area contributed by atoms with Gasteiger partial charge in [0.25, 0.3) is 0 Å².